The van der Waals surface area contributed by atoms with E-state index in [1.54, 1.807) is 56.8 Å². The molecule has 3 aromatic rings. The van der Waals surface area contributed by atoms with Crippen molar-refractivity contribution >= 4 is 23.4 Å². The molecule has 1 unspecified atom stereocenters. The second kappa shape index (κ2) is 8.80. The lowest BCUT2D eigenvalue weighted by Gasteiger charge is -2.25. The molecule has 0 spiro atoms. The van der Waals surface area contributed by atoms with E-state index in [0.29, 0.717) is 32.1 Å². The van der Waals surface area contributed by atoms with Gasteiger partial charge in [-0.2, -0.15) is 0 Å². The first-order valence-electron chi connectivity index (χ1n) is 9.71. The van der Waals surface area contributed by atoms with Crippen molar-refractivity contribution in [3.8, 4) is 11.5 Å². The van der Waals surface area contributed by atoms with Gasteiger partial charge in [-0.1, -0.05) is 17.4 Å². The van der Waals surface area contributed by atoms with E-state index in [1.165, 1.54) is 30.1 Å². The number of rotatable bonds is 5. The van der Waals surface area contributed by atoms with E-state index >= 15 is 0 Å². The second-order valence-corrected chi connectivity index (χ2v) is 7.98. The van der Waals surface area contributed by atoms with E-state index < -0.39 is 12.0 Å². The third kappa shape index (κ3) is 3.71. The lowest BCUT2D eigenvalue weighted by molar-refractivity contribution is -0.136. The summed E-state index contributed by atoms with van der Waals surface area (Å²) < 4.78 is 17.9. The van der Waals surface area contributed by atoms with Crippen LogP contribution in [-0.2, 0) is 9.53 Å². The van der Waals surface area contributed by atoms with Crippen LogP contribution < -0.4 is 24.4 Å². The van der Waals surface area contributed by atoms with Crippen LogP contribution in [0.3, 0.4) is 0 Å². The van der Waals surface area contributed by atoms with Gasteiger partial charge in [0.1, 0.15) is 17.5 Å². The summed E-state index contributed by atoms with van der Waals surface area (Å²) in [5, 5.41) is 0. The van der Waals surface area contributed by atoms with E-state index in [0.717, 1.165) is 5.56 Å². The Hall–Kier alpha value is -3.72. The summed E-state index contributed by atoms with van der Waals surface area (Å²) in [6.07, 6.45) is 5.10. The highest BCUT2D eigenvalue weighted by atomic mass is 32.1. The molecule has 164 valence electrons. The molecule has 0 saturated carbocycles. The Kier molecular flexibility index (Phi) is 5.91. The number of esters is 1. The molecular weight excluding hydrogens is 430 g/mol. The van der Waals surface area contributed by atoms with Crippen molar-refractivity contribution in [3.05, 3.63) is 84.8 Å². The van der Waals surface area contributed by atoms with Crippen LogP contribution in [0.4, 0.5) is 0 Å². The van der Waals surface area contributed by atoms with Crippen LogP contribution in [0.1, 0.15) is 24.1 Å². The lowest BCUT2D eigenvalue weighted by atomic mass is 9.95. The Morgan fingerprint density at radius 3 is 2.66 bits per heavy atom. The lowest BCUT2D eigenvalue weighted by Crippen LogP contribution is -2.40. The topological polar surface area (TPSA) is 92.0 Å². The predicted octanol–water partition coefficient (Wildman–Crippen LogP) is 1.82. The van der Waals surface area contributed by atoms with Gasteiger partial charge in [-0.15, -0.1) is 0 Å². The van der Waals surface area contributed by atoms with Crippen molar-refractivity contribution in [2.45, 2.75) is 13.0 Å². The minimum Gasteiger partial charge on any atom is -0.497 e. The van der Waals surface area contributed by atoms with Crippen LogP contribution in [0.15, 0.2) is 63.8 Å². The van der Waals surface area contributed by atoms with Crippen LogP contribution in [-0.4, -0.2) is 36.8 Å². The van der Waals surface area contributed by atoms with Crippen LogP contribution in [0, 0.1) is 0 Å². The Morgan fingerprint density at radius 2 is 2.00 bits per heavy atom. The molecule has 1 aliphatic rings. The van der Waals surface area contributed by atoms with E-state index in [-0.39, 0.29) is 11.1 Å². The minimum atomic E-state index is -0.768. The molecule has 2 aromatic heterocycles. The molecule has 0 radical (unpaired) electrons. The van der Waals surface area contributed by atoms with Gasteiger partial charge in [-0.3, -0.25) is 14.3 Å². The number of pyridine rings is 1. The number of ether oxygens (including phenoxy) is 3. The minimum absolute atomic E-state index is 0.269. The summed E-state index contributed by atoms with van der Waals surface area (Å²) in [5.41, 5.74) is 1.90. The van der Waals surface area contributed by atoms with Crippen LogP contribution in [0.2, 0.25) is 0 Å². The summed E-state index contributed by atoms with van der Waals surface area (Å²) in [5.74, 6) is 0.512. The largest absolute Gasteiger partial charge is 0.497 e. The molecule has 1 aliphatic heterocycles. The fourth-order valence-electron chi connectivity index (χ4n) is 3.64. The summed E-state index contributed by atoms with van der Waals surface area (Å²) in [6.45, 7) is 1.73. The van der Waals surface area contributed by atoms with Crippen LogP contribution >= 0.6 is 11.3 Å². The van der Waals surface area contributed by atoms with E-state index in [9.17, 15) is 9.59 Å². The van der Waals surface area contributed by atoms with Crippen LogP contribution in [0.25, 0.3) is 6.08 Å². The number of hydrogen-bond donors (Lipinski definition) is 0. The van der Waals surface area contributed by atoms with Gasteiger partial charge >= 0.3 is 5.97 Å². The molecule has 0 fully saturated rings. The monoisotopic (exact) mass is 451 g/mol. The molecule has 1 atom stereocenters. The Morgan fingerprint density at radius 1 is 1.19 bits per heavy atom. The zero-order chi connectivity index (χ0) is 22.8. The zero-order valence-corrected chi connectivity index (χ0v) is 18.8. The first-order chi connectivity index (χ1) is 15.5. The van der Waals surface area contributed by atoms with Crippen molar-refractivity contribution in [1.29, 1.82) is 0 Å². The summed E-state index contributed by atoms with van der Waals surface area (Å²) in [7, 11) is 4.39. The number of benzene rings is 1. The number of allylic oxidation sites excluding steroid dienone is 1. The maximum absolute atomic E-state index is 13.5. The molecule has 0 aliphatic carbocycles. The number of nitrogens with zero attached hydrogens (tertiary/aromatic N) is 3. The number of hydrogen-bond acceptors (Lipinski definition) is 8. The maximum Gasteiger partial charge on any atom is 0.338 e. The van der Waals surface area contributed by atoms with E-state index in [4.69, 9.17) is 14.2 Å². The molecule has 9 heteroatoms. The number of methoxy groups -OCH3 is 3. The van der Waals surface area contributed by atoms with Crippen molar-refractivity contribution in [2.75, 3.05) is 21.3 Å². The predicted molar refractivity (Wildman–Crippen MR) is 120 cm³/mol. The van der Waals surface area contributed by atoms with Gasteiger partial charge in [-0.25, -0.2) is 9.79 Å². The number of carbonyl (C=O) groups excluding carboxylic acids is 1. The van der Waals surface area contributed by atoms with E-state index in [2.05, 4.69) is 9.98 Å². The molecule has 4 rings (SSSR count). The third-order valence-electron chi connectivity index (χ3n) is 5.14. The molecule has 1 aromatic carbocycles. The van der Waals surface area contributed by atoms with Gasteiger partial charge < -0.3 is 14.2 Å². The van der Waals surface area contributed by atoms with Gasteiger partial charge in [-0.05, 0) is 36.8 Å². The molecule has 0 N–H and O–H groups in total. The van der Waals surface area contributed by atoms with E-state index in [1.807, 2.05) is 6.07 Å². The number of thiazole rings is 1. The van der Waals surface area contributed by atoms with Crippen molar-refractivity contribution < 1.29 is 19.0 Å². The summed E-state index contributed by atoms with van der Waals surface area (Å²) in [4.78, 5) is 35.4. The average molecular weight is 452 g/mol. The molecule has 32 heavy (non-hydrogen) atoms. The van der Waals surface area contributed by atoms with Gasteiger partial charge in [0.05, 0.1) is 37.1 Å². The van der Waals surface area contributed by atoms with Gasteiger partial charge in [0.15, 0.2) is 4.80 Å². The normalized spacial score (nSPS) is 15.8. The summed E-state index contributed by atoms with van der Waals surface area (Å²) >= 11 is 1.25. The number of fused-ring (bicyclic) bond motifs is 1. The SMILES string of the molecule is COC(=O)C1=C(C)N=c2sc(=Cc3cccnc3)c(=O)n2C1c1ccc(OC)cc1OC. The zero-order valence-electron chi connectivity index (χ0n) is 18.0. The third-order valence-corrected chi connectivity index (χ3v) is 6.13. The van der Waals surface area contributed by atoms with Crippen molar-refractivity contribution in [1.82, 2.24) is 9.55 Å². The standard InChI is InChI=1S/C23H21N3O5S/c1-13-19(22(28)31-4)20(16-8-7-15(29-2)11-17(16)30-3)26-21(27)18(32-23(26)25-13)10-14-6-5-9-24-12-14/h5-12,20H,1-4H3. The molecular formula is C23H21N3O5S. The Balaban J connectivity index is 2.01. The maximum atomic E-state index is 13.5. The highest BCUT2D eigenvalue weighted by Gasteiger charge is 2.35. The van der Waals surface area contributed by atoms with Gasteiger partial charge in [0.2, 0.25) is 0 Å². The molecule has 3 heterocycles. The molecule has 0 bridgehead atoms. The van der Waals surface area contributed by atoms with Gasteiger partial charge in [0.25, 0.3) is 5.56 Å². The van der Waals surface area contributed by atoms with Crippen molar-refractivity contribution in [3.63, 3.8) is 0 Å². The van der Waals surface area contributed by atoms with Gasteiger partial charge in [0, 0.05) is 24.0 Å². The smallest absolute Gasteiger partial charge is 0.338 e. The first-order valence-corrected chi connectivity index (χ1v) is 10.5. The highest BCUT2D eigenvalue weighted by molar-refractivity contribution is 7.07. The molecule has 8 nitrogen and oxygen atoms in total. The first kappa shape index (κ1) is 21.5. The average Bonchev–Trinajstić information content (AvgIpc) is 3.12. The molecule has 0 amide bonds. The quantitative estimate of drug-likeness (QED) is 0.550. The number of aromatic nitrogens is 2. The van der Waals surface area contributed by atoms with Crippen LogP contribution in [0.5, 0.6) is 11.5 Å². The fourth-order valence-corrected chi connectivity index (χ4v) is 4.69. The molecule has 0 saturated heterocycles. The van der Waals surface area contributed by atoms with Crippen molar-refractivity contribution in [2.24, 2.45) is 4.99 Å². The Labute approximate surface area is 187 Å². The second-order valence-electron chi connectivity index (χ2n) is 6.97. The fraction of sp³-hybridized carbons (Fsp3) is 0.217. The highest BCUT2D eigenvalue weighted by Crippen LogP contribution is 2.37. The Bertz CT molecular complexity index is 1390. The number of carbonyl (C=O) groups is 1. The summed E-state index contributed by atoms with van der Waals surface area (Å²) in [6, 6.07) is 8.14.